The van der Waals surface area contributed by atoms with E-state index in [-0.39, 0.29) is 17.4 Å². The minimum absolute atomic E-state index is 0.0603. The SMILES string of the molecule is Cc1cnc(C(=O)c2cc3cc(F)ccc3o2)nc1. The summed E-state index contributed by atoms with van der Waals surface area (Å²) >= 11 is 0. The van der Waals surface area contributed by atoms with Crippen LogP contribution < -0.4 is 0 Å². The molecule has 0 aliphatic heterocycles. The highest BCUT2D eigenvalue weighted by Gasteiger charge is 2.17. The summed E-state index contributed by atoms with van der Waals surface area (Å²) in [6, 6.07) is 5.56. The number of hydrogen-bond donors (Lipinski definition) is 0. The van der Waals surface area contributed by atoms with Gasteiger partial charge in [0.05, 0.1) is 0 Å². The molecule has 0 saturated carbocycles. The third-order valence-corrected chi connectivity index (χ3v) is 2.69. The quantitative estimate of drug-likeness (QED) is 0.661. The van der Waals surface area contributed by atoms with E-state index in [9.17, 15) is 9.18 Å². The van der Waals surface area contributed by atoms with Gasteiger partial charge in [-0.15, -0.1) is 0 Å². The van der Waals surface area contributed by atoms with Crippen molar-refractivity contribution in [2.45, 2.75) is 6.92 Å². The fourth-order valence-corrected chi connectivity index (χ4v) is 1.75. The zero-order valence-corrected chi connectivity index (χ0v) is 10.1. The summed E-state index contributed by atoms with van der Waals surface area (Å²) in [6.07, 6.45) is 3.12. The van der Waals surface area contributed by atoms with Crippen molar-refractivity contribution in [3.63, 3.8) is 0 Å². The van der Waals surface area contributed by atoms with Gasteiger partial charge in [0.1, 0.15) is 11.4 Å². The van der Waals surface area contributed by atoms with Crippen molar-refractivity contribution >= 4 is 16.8 Å². The number of benzene rings is 1. The van der Waals surface area contributed by atoms with Gasteiger partial charge >= 0.3 is 0 Å². The van der Waals surface area contributed by atoms with Crippen LogP contribution in [0, 0.1) is 12.7 Å². The molecule has 0 radical (unpaired) electrons. The molecule has 1 aromatic carbocycles. The lowest BCUT2D eigenvalue weighted by Crippen LogP contribution is -2.05. The summed E-state index contributed by atoms with van der Waals surface area (Å²) in [4.78, 5) is 20.0. The van der Waals surface area contributed by atoms with E-state index >= 15 is 0 Å². The maximum absolute atomic E-state index is 13.1. The Morgan fingerprint density at radius 3 is 2.68 bits per heavy atom. The van der Waals surface area contributed by atoms with E-state index in [2.05, 4.69) is 9.97 Å². The van der Waals surface area contributed by atoms with Gasteiger partial charge in [-0.1, -0.05) is 0 Å². The van der Waals surface area contributed by atoms with Crippen molar-refractivity contribution in [2.24, 2.45) is 0 Å². The third-order valence-electron chi connectivity index (χ3n) is 2.69. The zero-order valence-electron chi connectivity index (χ0n) is 10.1. The first kappa shape index (κ1) is 11.5. The fraction of sp³-hybridized carbons (Fsp3) is 0.0714. The maximum Gasteiger partial charge on any atom is 0.265 e. The molecule has 4 nitrogen and oxygen atoms in total. The molecular weight excluding hydrogens is 247 g/mol. The number of halogens is 1. The molecule has 0 aliphatic carbocycles. The van der Waals surface area contributed by atoms with Crippen LogP contribution in [0.5, 0.6) is 0 Å². The Kier molecular flexibility index (Phi) is 2.59. The Morgan fingerprint density at radius 2 is 1.95 bits per heavy atom. The first-order chi connectivity index (χ1) is 9.13. The van der Waals surface area contributed by atoms with E-state index in [0.29, 0.717) is 11.0 Å². The number of rotatable bonds is 2. The molecule has 0 bridgehead atoms. The van der Waals surface area contributed by atoms with Gasteiger partial charge in [0.2, 0.25) is 5.82 Å². The predicted molar refractivity (Wildman–Crippen MR) is 66.4 cm³/mol. The summed E-state index contributed by atoms with van der Waals surface area (Å²) in [6.45, 7) is 1.83. The minimum Gasteiger partial charge on any atom is -0.452 e. The van der Waals surface area contributed by atoms with Gasteiger partial charge in [-0.3, -0.25) is 4.79 Å². The summed E-state index contributed by atoms with van der Waals surface area (Å²) < 4.78 is 18.4. The molecule has 2 aromatic heterocycles. The fourth-order valence-electron chi connectivity index (χ4n) is 1.75. The zero-order chi connectivity index (χ0) is 13.4. The van der Waals surface area contributed by atoms with Gasteiger partial charge in [0.15, 0.2) is 5.76 Å². The van der Waals surface area contributed by atoms with Crippen LogP contribution >= 0.6 is 0 Å². The van der Waals surface area contributed by atoms with Crippen molar-refractivity contribution in [3.8, 4) is 0 Å². The molecule has 3 aromatic rings. The van der Waals surface area contributed by atoms with Crippen molar-refractivity contribution < 1.29 is 13.6 Å². The van der Waals surface area contributed by atoms with Crippen LogP contribution in [0.2, 0.25) is 0 Å². The predicted octanol–water partition coefficient (Wildman–Crippen LogP) is 2.90. The van der Waals surface area contributed by atoms with Gasteiger partial charge in [-0.25, -0.2) is 14.4 Å². The molecule has 0 spiro atoms. The first-order valence-electron chi connectivity index (χ1n) is 5.66. The highest BCUT2D eigenvalue weighted by Crippen LogP contribution is 2.21. The molecule has 0 N–H and O–H groups in total. The molecule has 3 rings (SSSR count). The molecule has 5 heteroatoms. The summed E-state index contributed by atoms with van der Waals surface area (Å²) in [5, 5.41) is 0.537. The highest BCUT2D eigenvalue weighted by atomic mass is 19.1. The number of nitrogens with zero attached hydrogens (tertiary/aromatic N) is 2. The second kappa shape index (κ2) is 4.28. The summed E-state index contributed by atoms with van der Waals surface area (Å²) in [5.74, 6) is -0.634. The Bertz CT molecular complexity index is 763. The summed E-state index contributed by atoms with van der Waals surface area (Å²) in [5.41, 5.74) is 1.32. The number of carbonyl (C=O) groups is 1. The molecule has 0 amide bonds. The van der Waals surface area contributed by atoms with E-state index < -0.39 is 5.78 Å². The van der Waals surface area contributed by atoms with Crippen LogP contribution in [-0.4, -0.2) is 15.8 Å². The average Bonchev–Trinajstić information content (AvgIpc) is 2.81. The smallest absolute Gasteiger partial charge is 0.265 e. The van der Waals surface area contributed by atoms with Crippen LogP contribution in [0.25, 0.3) is 11.0 Å². The van der Waals surface area contributed by atoms with Crippen molar-refractivity contribution in [1.82, 2.24) is 9.97 Å². The van der Waals surface area contributed by atoms with E-state index in [1.165, 1.54) is 24.3 Å². The van der Waals surface area contributed by atoms with Gasteiger partial charge < -0.3 is 4.42 Å². The van der Waals surface area contributed by atoms with Crippen molar-refractivity contribution in [1.29, 1.82) is 0 Å². The van der Waals surface area contributed by atoms with Crippen LogP contribution in [0.4, 0.5) is 4.39 Å². The van der Waals surface area contributed by atoms with Gasteiger partial charge in [0, 0.05) is 17.8 Å². The topological polar surface area (TPSA) is 56.0 Å². The van der Waals surface area contributed by atoms with E-state index in [1.807, 2.05) is 6.92 Å². The van der Waals surface area contributed by atoms with E-state index in [1.54, 1.807) is 12.4 Å². The normalized spacial score (nSPS) is 10.8. The number of aryl methyl sites for hydroxylation is 1. The lowest BCUT2D eigenvalue weighted by atomic mass is 10.2. The van der Waals surface area contributed by atoms with Crippen LogP contribution in [0.1, 0.15) is 21.9 Å². The molecule has 94 valence electrons. The lowest BCUT2D eigenvalue weighted by molar-refractivity contribution is 0.100. The van der Waals surface area contributed by atoms with Gasteiger partial charge in [-0.2, -0.15) is 0 Å². The molecule has 2 heterocycles. The number of carbonyl (C=O) groups excluding carboxylic acids is 1. The molecule has 0 unspecified atom stereocenters. The number of hydrogen-bond acceptors (Lipinski definition) is 4. The second-order valence-electron chi connectivity index (χ2n) is 4.21. The Hall–Kier alpha value is -2.56. The monoisotopic (exact) mass is 256 g/mol. The first-order valence-corrected chi connectivity index (χ1v) is 5.66. The maximum atomic E-state index is 13.1. The molecular formula is C14H9FN2O2. The van der Waals surface area contributed by atoms with Gasteiger partial charge in [-0.05, 0) is 36.8 Å². The highest BCUT2D eigenvalue weighted by molar-refractivity contribution is 6.06. The Labute approximate surface area is 107 Å². The number of aromatic nitrogens is 2. The number of fused-ring (bicyclic) bond motifs is 1. The molecule has 0 atom stereocenters. The second-order valence-corrected chi connectivity index (χ2v) is 4.21. The van der Waals surface area contributed by atoms with E-state index in [0.717, 1.165) is 5.56 Å². The van der Waals surface area contributed by atoms with Crippen LogP contribution in [-0.2, 0) is 0 Å². The van der Waals surface area contributed by atoms with E-state index in [4.69, 9.17) is 4.42 Å². The van der Waals surface area contributed by atoms with Crippen LogP contribution in [0.3, 0.4) is 0 Å². The van der Waals surface area contributed by atoms with Crippen LogP contribution in [0.15, 0.2) is 41.1 Å². The number of ketones is 1. The standard InChI is InChI=1S/C14H9FN2O2/c1-8-6-16-14(17-7-8)13(18)12-5-9-4-10(15)2-3-11(9)19-12/h2-7H,1H3. The molecule has 19 heavy (non-hydrogen) atoms. The Balaban J connectivity index is 2.04. The largest absolute Gasteiger partial charge is 0.452 e. The average molecular weight is 256 g/mol. The third kappa shape index (κ3) is 2.10. The minimum atomic E-state index is -0.420. The Morgan fingerprint density at radius 1 is 1.21 bits per heavy atom. The van der Waals surface area contributed by atoms with Gasteiger partial charge in [0.25, 0.3) is 5.78 Å². The van der Waals surface area contributed by atoms with Crippen molar-refractivity contribution in [3.05, 3.63) is 59.6 Å². The molecule has 0 saturated heterocycles. The molecule has 0 fully saturated rings. The molecule has 0 aliphatic rings. The van der Waals surface area contributed by atoms with Crippen molar-refractivity contribution in [2.75, 3.05) is 0 Å². The number of furan rings is 1. The summed E-state index contributed by atoms with van der Waals surface area (Å²) in [7, 11) is 0. The lowest BCUT2D eigenvalue weighted by Gasteiger charge is -1.95.